The number of hydrogen-bond donors (Lipinski definition) is 2. The van der Waals surface area contributed by atoms with Gasteiger partial charge in [-0.1, -0.05) is 29.8 Å². The normalized spacial score (nSPS) is 9.90. The van der Waals surface area contributed by atoms with E-state index < -0.39 is 0 Å². The molecule has 2 N–H and O–H groups in total. The van der Waals surface area contributed by atoms with Crippen molar-refractivity contribution in [1.82, 2.24) is 5.32 Å². The summed E-state index contributed by atoms with van der Waals surface area (Å²) in [6.45, 7) is 0. The molecule has 0 heterocycles. The molecule has 102 valence electrons. The fourth-order valence-corrected chi connectivity index (χ4v) is 1.91. The zero-order valence-electron chi connectivity index (χ0n) is 10.8. The minimum Gasteiger partial charge on any atom is -0.355 e. The third kappa shape index (κ3) is 3.16. The zero-order chi connectivity index (χ0) is 14.5. The van der Waals surface area contributed by atoms with E-state index in [1.54, 1.807) is 42.5 Å². The lowest BCUT2D eigenvalue weighted by Crippen LogP contribution is -2.21. The SMILES string of the molecule is CNC(=O)c1ccc(Cl)cc1NC(=O)c1ccccc1. The van der Waals surface area contributed by atoms with Gasteiger partial charge < -0.3 is 10.6 Å². The molecule has 2 amide bonds. The second-order valence-corrected chi connectivity index (χ2v) is 4.53. The lowest BCUT2D eigenvalue weighted by molar-refractivity contribution is 0.0964. The van der Waals surface area contributed by atoms with E-state index in [1.807, 2.05) is 6.07 Å². The van der Waals surface area contributed by atoms with E-state index in [4.69, 9.17) is 11.6 Å². The van der Waals surface area contributed by atoms with Crippen LogP contribution in [-0.2, 0) is 0 Å². The summed E-state index contributed by atoms with van der Waals surface area (Å²) < 4.78 is 0. The highest BCUT2D eigenvalue weighted by Crippen LogP contribution is 2.21. The van der Waals surface area contributed by atoms with Crippen LogP contribution >= 0.6 is 11.6 Å². The lowest BCUT2D eigenvalue weighted by Gasteiger charge is -2.10. The highest BCUT2D eigenvalue weighted by molar-refractivity contribution is 6.31. The monoisotopic (exact) mass is 288 g/mol. The molecule has 0 spiro atoms. The number of halogens is 1. The van der Waals surface area contributed by atoms with Crippen molar-refractivity contribution in [3.63, 3.8) is 0 Å². The first-order chi connectivity index (χ1) is 9.61. The first-order valence-electron chi connectivity index (χ1n) is 6.00. The minimum absolute atomic E-state index is 0.287. The second kappa shape index (κ2) is 6.21. The molecule has 0 aliphatic rings. The molecule has 0 atom stereocenters. The predicted molar refractivity (Wildman–Crippen MR) is 79.2 cm³/mol. The van der Waals surface area contributed by atoms with Gasteiger partial charge in [-0.25, -0.2) is 0 Å². The Morgan fingerprint density at radius 1 is 1.00 bits per heavy atom. The summed E-state index contributed by atoms with van der Waals surface area (Å²) in [5.41, 5.74) is 1.25. The van der Waals surface area contributed by atoms with Gasteiger partial charge in [0.1, 0.15) is 0 Å². The highest BCUT2D eigenvalue weighted by atomic mass is 35.5. The molecule has 0 aliphatic carbocycles. The molecule has 20 heavy (non-hydrogen) atoms. The lowest BCUT2D eigenvalue weighted by atomic mass is 10.1. The number of rotatable bonds is 3. The Balaban J connectivity index is 2.31. The predicted octanol–water partition coefficient (Wildman–Crippen LogP) is 2.95. The summed E-state index contributed by atoms with van der Waals surface area (Å²) in [6.07, 6.45) is 0. The van der Waals surface area contributed by atoms with Crippen molar-refractivity contribution in [2.24, 2.45) is 0 Å². The first-order valence-corrected chi connectivity index (χ1v) is 6.37. The van der Waals surface area contributed by atoms with Gasteiger partial charge in [0, 0.05) is 17.6 Å². The highest BCUT2D eigenvalue weighted by Gasteiger charge is 2.13. The van der Waals surface area contributed by atoms with E-state index in [2.05, 4.69) is 10.6 Å². The summed E-state index contributed by atoms with van der Waals surface area (Å²) in [5, 5.41) is 5.66. The van der Waals surface area contributed by atoms with Crippen LogP contribution in [0.5, 0.6) is 0 Å². The molecule has 0 aromatic heterocycles. The molecule has 0 unspecified atom stereocenters. The smallest absolute Gasteiger partial charge is 0.255 e. The van der Waals surface area contributed by atoms with Crippen LogP contribution in [0.4, 0.5) is 5.69 Å². The van der Waals surface area contributed by atoms with E-state index >= 15 is 0 Å². The van der Waals surface area contributed by atoms with Crippen molar-refractivity contribution in [2.75, 3.05) is 12.4 Å². The van der Waals surface area contributed by atoms with Crippen molar-refractivity contribution in [1.29, 1.82) is 0 Å². The Morgan fingerprint density at radius 2 is 1.70 bits per heavy atom. The summed E-state index contributed by atoms with van der Waals surface area (Å²) in [7, 11) is 1.53. The molecule has 4 nitrogen and oxygen atoms in total. The van der Waals surface area contributed by atoms with Crippen LogP contribution in [0.2, 0.25) is 5.02 Å². The Bertz CT molecular complexity index is 642. The third-order valence-corrected chi connectivity index (χ3v) is 2.97. The van der Waals surface area contributed by atoms with Gasteiger partial charge in [-0.2, -0.15) is 0 Å². The van der Waals surface area contributed by atoms with E-state index in [1.165, 1.54) is 7.05 Å². The molecule has 2 aromatic rings. The van der Waals surface area contributed by atoms with E-state index in [0.717, 1.165) is 0 Å². The van der Waals surface area contributed by atoms with Crippen LogP contribution in [0.1, 0.15) is 20.7 Å². The average Bonchev–Trinajstić information content (AvgIpc) is 2.47. The van der Waals surface area contributed by atoms with Crippen LogP contribution in [0.15, 0.2) is 48.5 Å². The Morgan fingerprint density at radius 3 is 2.35 bits per heavy atom. The summed E-state index contributed by atoms with van der Waals surface area (Å²) in [4.78, 5) is 23.9. The van der Waals surface area contributed by atoms with Crippen LogP contribution < -0.4 is 10.6 Å². The van der Waals surface area contributed by atoms with Crippen LogP contribution in [0.25, 0.3) is 0 Å². The topological polar surface area (TPSA) is 58.2 Å². The maximum atomic E-state index is 12.1. The van der Waals surface area contributed by atoms with Gasteiger partial charge in [-0.15, -0.1) is 0 Å². The zero-order valence-corrected chi connectivity index (χ0v) is 11.6. The number of anilines is 1. The van der Waals surface area contributed by atoms with E-state index in [-0.39, 0.29) is 11.8 Å². The van der Waals surface area contributed by atoms with Crippen molar-refractivity contribution in [3.05, 3.63) is 64.7 Å². The molecule has 2 aromatic carbocycles. The molecular formula is C15H13ClN2O2. The molecule has 2 rings (SSSR count). The number of nitrogens with one attached hydrogen (secondary N) is 2. The quantitative estimate of drug-likeness (QED) is 0.912. The molecule has 0 bridgehead atoms. The van der Waals surface area contributed by atoms with Gasteiger partial charge in [0.2, 0.25) is 0 Å². The molecule has 0 radical (unpaired) electrons. The summed E-state index contributed by atoms with van der Waals surface area (Å²) in [5.74, 6) is -0.581. The summed E-state index contributed by atoms with van der Waals surface area (Å²) in [6, 6.07) is 13.5. The van der Waals surface area contributed by atoms with Crippen LogP contribution in [-0.4, -0.2) is 18.9 Å². The van der Waals surface area contributed by atoms with Crippen LogP contribution in [0.3, 0.4) is 0 Å². The van der Waals surface area contributed by atoms with Crippen LogP contribution in [0, 0.1) is 0 Å². The van der Waals surface area contributed by atoms with Gasteiger partial charge in [-0.05, 0) is 30.3 Å². The number of benzene rings is 2. The molecule has 0 saturated heterocycles. The van der Waals surface area contributed by atoms with Crippen molar-refractivity contribution in [2.45, 2.75) is 0 Å². The maximum absolute atomic E-state index is 12.1. The third-order valence-electron chi connectivity index (χ3n) is 2.74. The standard InChI is InChI=1S/C15H13ClN2O2/c1-17-15(20)12-8-7-11(16)9-13(12)18-14(19)10-5-3-2-4-6-10/h2-9H,1H3,(H,17,20)(H,18,19). The molecule has 0 fully saturated rings. The molecule has 0 aliphatic heterocycles. The minimum atomic E-state index is -0.294. The molecular weight excluding hydrogens is 276 g/mol. The van der Waals surface area contributed by atoms with Gasteiger partial charge in [0.25, 0.3) is 11.8 Å². The van der Waals surface area contributed by atoms with Crippen molar-refractivity contribution in [3.8, 4) is 0 Å². The number of hydrogen-bond acceptors (Lipinski definition) is 2. The maximum Gasteiger partial charge on any atom is 0.255 e. The van der Waals surface area contributed by atoms with Gasteiger partial charge >= 0.3 is 0 Å². The van der Waals surface area contributed by atoms with E-state index in [0.29, 0.717) is 21.8 Å². The van der Waals surface area contributed by atoms with Crippen molar-refractivity contribution >= 4 is 29.1 Å². The Kier molecular flexibility index (Phi) is 4.38. The summed E-state index contributed by atoms with van der Waals surface area (Å²) >= 11 is 5.91. The van der Waals surface area contributed by atoms with E-state index in [9.17, 15) is 9.59 Å². The number of carbonyl (C=O) groups is 2. The Labute approximate surface area is 121 Å². The first kappa shape index (κ1) is 14.1. The van der Waals surface area contributed by atoms with Gasteiger partial charge in [0.15, 0.2) is 0 Å². The second-order valence-electron chi connectivity index (χ2n) is 4.09. The number of amides is 2. The average molecular weight is 289 g/mol. The fraction of sp³-hybridized carbons (Fsp3) is 0.0667. The molecule has 0 saturated carbocycles. The van der Waals surface area contributed by atoms with Gasteiger partial charge in [-0.3, -0.25) is 9.59 Å². The fourth-order valence-electron chi connectivity index (χ4n) is 1.74. The van der Waals surface area contributed by atoms with Gasteiger partial charge in [0.05, 0.1) is 11.3 Å². The largest absolute Gasteiger partial charge is 0.355 e. The number of carbonyl (C=O) groups excluding carboxylic acids is 2. The Hall–Kier alpha value is -2.33. The van der Waals surface area contributed by atoms with Crippen molar-refractivity contribution < 1.29 is 9.59 Å². The molecule has 5 heteroatoms.